The number of hydrogen-bond acceptors (Lipinski definition) is 5. The first-order chi connectivity index (χ1) is 8.58. The number of hydrogen-bond donors (Lipinski definition) is 2. The van der Waals surface area contributed by atoms with E-state index in [2.05, 4.69) is 9.97 Å². The van der Waals surface area contributed by atoms with Gasteiger partial charge in [-0.25, -0.2) is 14.8 Å². The van der Waals surface area contributed by atoms with Gasteiger partial charge in [0, 0.05) is 17.3 Å². The van der Waals surface area contributed by atoms with Gasteiger partial charge in [0.2, 0.25) is 0 Å². The summed E-state index contributed by atoms with van der Waals surface area (Å²) in [6, 6.07) is 4.86. The standard InChI is InChI=1S/C12H11N3O2S/c1-7-5-14-12(15-6-7)18-9-4-2-3-8(10(9)13)11(16)17/h2-6H,13H2,1H3,(H,16,17). The zero-order valence-electron chi connectivity index (χ0n) is 9.62. The van der Waals surface area contributed by atoms with Gasteiger partial charge in [0.15, 0.2) is 5.16 Å². The van der Waals surface area contributed by atoms with Crippen molar-refractivity contribution in [1.82, 2.24) is 9.97 Å². The van der Waals surface area contributed by atoms with Crippen molar-refractivity contribution in [3.63, 3.8) is 0 Å². The lowest BCUT2D eigenvalue weighted by Gasteiger charge is -2.06. The van der Waals surface area contributed by atoms with Crippen LogP contribution in [-0.4, -0.2) is 21.0 Å². The van der Waals surface area contributed by atoms with Crippen LogP contribution < -0.4 is 5.73 Å². The maximum absolute atomic E-state index is 11.0. The Hall–Kier alpha value is -2.08. The van der Waals surface area contributed by atoms with E-state index in [1.54, 1.807) is 24.5 Å². The second-order valence-electron chi connectivity index (χ2n) is 3.67. The number of carboxylic acids is 1. The van der Waals surface area contributed by atoms with Crippen molar-refractivity contribution in [2.75, 3.05) is 5.73 Å². The zero-order chi connectivity index (χ0) is 13.1. The van der Waals surface area contributed by atoms with Crippen LogP contribution in [0.2, 0.25) is 0 Å². The smallest absolute Gasteiger partial charge is 0.337 e. The van der Waals surface area contributed by atoms with Gasteiger partial charge in [-0.3, -0.25) is 0 Å². The van der Waals surface area contributed by atoms with Crippen LogP contribution in [0, 0.1) is 6.92 Å². The van der Waals surface area contributed by atoms with Gasteiger partial charge in [0.25, 0.3) is 0 Å². The fourth-order valence-corrected chi connectivity index (χ4v) is 2.13. The number of nitrogen functional groups attached to an aromatic ring is 1. The molecule has 0 aliphatic heterocycles. The first-order valence-corrected chi connectivity index (χ1v) is 5.98. The number of rotatable bonds is 3. The van der Waals surface area contributed by atoms with Gasteiger partial charge >= 0.3 is 5.97 Å². The van der Waals surface area contributed by atoms with Crippen molar-refractivity contribution in [1.29, 1.82) is 0 Å². The number of carboxylic acid groups (broad SMARTS) is 1. The quantitative estimate of drug-likeness (QED) is 0.650. The fourth-order valence-electron chi connectivity index (χ4n) is 1.35. The molecule has 1 aromatic carbocycles. The molecule has 0 aliphatic carbocycles. The summed E-state index contributed by atoms with van der Waals surface area (Å²) in [5.74, 6) is -1.04. The first-order valence-electron chi connectivity index (χ1n) is 5.16. The third-order valence-corrected chi connectivity index (χ3v) is 3.22. The molecule has 1 aromatic heterocycles. The third-order valence-electron chi connectivity index (χ3n) is 2.26. The van der Waals surface area contributed by atoms with Gasteiger partial charge in [0.1, 0.15) is 0 Å². The van der Waals surface area contributed by atoms with Gasteiger partial charge < -0.3 is 10.8 Å². The van der Waals surface area contributed by atoms with E-state index < -0.39 is 5.97 Å². The summed E-state index contributed by atoms with van der Waals surface area (Å²) in [6.07, 6.45) is 3.40. The summed E-state index contributed by atoms with van der Waals surface area (Å²) < 4.78 is 0. The number of aryl methyl sites for hydroxylation is 1. The van der Waals surface area contributed by atoms with E-state index in [9.17, 15) is 4.79 Å². The van der Waals surface area contributed by atoms with Gasteiger partial charge in [-0.15, -0.1) is 0 Å². The van der Waals surface area contributed by atoms with Gasteiger partial charge in [-0.05, 0) is 36.4 Å². The van der Waals surface area contributed by atoms with E-state index >= 15 is 0 Å². The topological polar surface area (TPSA) is 89.1 Å². The van der Waals surface area contributed by atoms with Crippen LogP contribution in [0.1, 0.15) is 15.9 Å². The Morgan fingerprint density at radius 2 is 2.00 bits per heavy atom. The predicted molar refractivity (Wildman–Crippen MR) is 68.7 cm³/mol. The molecule has 0 unspecified atom stereocenters. The van der Waals surface area contributed by atoms with Gasteiger partial charge in [-0.1, -0.05) is 6.07 Å². The normalized spacial score (nSPS) is 10.3. The molecule has 2 rings (SSSR count). The molecule has 0 atom stereocenters. The van der Waals surface area contributed by atoms with Crippen LogP contribution in [0.5, 0.6) is 0 Å². The number of carbonyl (C=O) groups is 1. The number of aromatic nitrogens is 2. The monoisotopic (exact) mass is 261 g/mol. The minimum Gasteiger partial charge on any atom is -0.478 e. The van der Waals surface area contributed by atoms with E-state index in [1.807, 2.05) is 6.92 Å². The molecule has 1 heterocycles. The van der Waals surface area contributed by atoms with Crippen LogP contribution >= 0.6 is 11.8 Å². The highest BCUT2D eigenvalue weighted by Crippen LogP contribution is 2.31. The molecule has 6 heteroatoms. The minimum absolute atomic E-state index is 0.0899. The average molecular weight is 261 g/mol. The molecule has 5 nitrogen and oxygen atoms in total. The summed E-state index contributed by atoms with van der Waals surface area (Å²) in [6.45, 7) is 1.90. The third kappa shape index (κ3) is 2.60. The maximum atomic E-state index is 11.0. The van der Waals surface area contributed by atoms with Crippen LogP contribution in [0.15, 0.2) is 40.6 Å². The Balaban J connectivity index is 2.32. The molecule has 18 heavy (non-hydrogen) atoms. The Bertz CT molecular complexity index is 584. The van der Waals surface area contributed by atoms with Gasteiger partial charge in [-0.2, -0.15) is 0 Å². The van der Waals surface area contributed by atoms with Crippen molar-refractivity contribution < 1.29 is 9.90 Å². The Kier molecular flexibility index (Phi) is 3.47. The lowest BCUT2D eigenvalue weighted by molar-refractivity contribution is 0.0698. The highest BCUT2D eigenvalue weighted by atomic mass is 32.2. The number of aromatic carboxylic acids is 1. The van der Waals surface area contributed by atoms with E-state index in [1.165, 1.54) is 17.8 Å². The van der Waals surface area contributed by atoms with Crippen LogP contribution in [0.3, 0.4) is 0 Å². The Labute approximate surface area is 108 Å². The van der Waals surface area contributed by atoms with Crippen molar-refractivity contribution >= 4 is 23.4 Å². The molecular formula is C12H11N3O2S. The van der Waals surface area contributed by atoms with Crippen molar-refractivity contribution in [2.24, 2.45) is 0 Å². The Morgan fingerprint density at radius 3 is 2.61 bits per heavy atom. The highest BCUT2D eigenvalue weighted by Gasteiger charge is 2.12. The molecule has 0 fully saturated rings. The van der Waals surface area contributed by atoms with Crippen LogP contribution in [0.25, 0.3) is 0 Å². The minimum atomic E-state index is -1.04. The number of para-hydroxylation sites is 1. The summed E-state index contributed by atoms with van der Waals surface area (Å²) >= 11 is 1.24. The van der Waals surface area contributed by atoms with Gasteiger partial charge in [0.05, 0.1) is 11.3 Å². The summed E-state index contributed by atoms with van der Waals surface area (Å²) in [4.78, 5) is 19.9. The lowest BCUT2D eigenvalue weighted by Crippen LogP contribution is -2.03. The SMILES string of the molecule is Cc1cnc(Sc2cccc(C(=O)O)c2N)nc1. The van der Waals surface area contributed by atoms with E-state index in [0.29, 0.717) is 10.1 Å². The molecule has 0 spiro atoms. The summed E-state index contributed by atoms with van der Waals surface area (Å²) in [5.41, 5.74) is 7.09. The number of nitrogens with two attached hydrogens (primary N) is 1. The molecule has 0 saturated carbocycles. The molecule has 0 amide bonds. The van der Waals surface area contributed by atoms with Crippen molar-refractivity contribution in [3.05, 3.63) is 41.7 Å². The zero-order valence-corrected chi connectivity index (χ0v) is 10.4. The summed E-state index contributed by atoms with van der Waals surface area (Å²) in [7, 11) is 0. The van der Waals surface area contributed by atoms with E-state index in [0.717, 1.165) is 5.56 Å². The number of nitrogens with zero attached hydrogens (tertiary/aromatic N) is 2. The second-order valence-corrected chi connectivity index (χ2v) is 4.68. The first kappa shape index (κ1) is 12.4. The molecule has 2 aromatic rings. The molecule has 0 bridgehead atoms. The largest absolute Gasteiger partial charge is 0.478 e. The second kappa shape index (κ2) is 5.05. The van der Waals surface area contributed by atoms with Crippen LogP contribution in [0.4, 0.5) is 5.69 Å². The lowest BCUT2D eigenvalue weighted by atomic mass is 10.2. The highest BCUT2D eigenvalue weighted by molar-refractivity contribution is 7.99. The Morgan fingerprint density at radius 1 is 1.33 bits per heavy atom. The molecule has 0 aliphatic rings. The molecular weight excluding hydrogens is 250 g/mol. The molecule has 0 saturated heterocycles. The fraction of sp³-hybridized carbons (Fsp3) is 0.0833. The van der Waals surface area contributed by atoms with E-state index in [-0.39, 0.29) is 11.3 Å². The molecule has 3 N–H and O–H groups in total. The molecule has 92 valence electrons. The predicted octanol–water partition coefficient (Wildman–Crippen LogP) is 2.22. The van der Waals surface area contributed by atoms with Crippen molar-refractivity contribution in [2.45, 2.75) is 17.0 Å². The van der Waals surface area contributed by atoms with Crippen molar-refractivity contribution in [3.8, 4) is 0 Å². The number of benzene rings is 1. The van der Waals surface area contributed by atoms with Crippen LogP contribution in [-0.2, 0) is 0 Å². The maximum Gasteiger partial charge on any atom is 0.337 e. The number of anilines is 1. The average Bonchev–Trinajstić information content (AvgIpc) is 2.34. The summed E-state index contributed by atoms with van der Waals surface area (Å²) in [5, 5.41) is 9.51. The molecule has 0 radical (unpaired) electrons. The van der Waals surface area contributed by atoms with E-state index in [4.69, 9.17) is 10.8 Å².